The van der Waals surface area contributed by atoms with E-state index in [9.17, 15) is 14.9 Å². The molecule has 2 aromatic rings. The van der Waals surface area contributed by atoms with Crippen LogP contribution < -0.4 is 0 Å². The molecule has 2 rings (SSSR count). The van der Waals surface area contributed by atoms with Gasteiger partial charge in [0.05, 0.1) is 4.92 Å². The quantitative estimate of drug-likeness (QED) is 0.364. The first-order chi connectivity index (χ1) is 9.18. The maximum atomic E-state index is 12.1. The SMILES string of the molecule is O=C(/C(=C\c1ccccc1)[N+](=O)[O-])c1ccccc1. The van der Waals surface area contributed by atoms with Crippen LogP contribution in [0.25, 0.3) is 6.08 Å². The minimum absolute atomic E-state index is 0.307. The normalized spacial score (nSPS) is 11.1. The fourth-order valence-electron chi connectivity index (χ4n) is 1.65. The zero-order valence-electron chi connectivity index (χ0n) is 10.0. The topological polar surface area (TPSA) is 60.2 Å². The summed E-state index contributed by atoms with van der Waals surface area (Å²) in [6.45, 7) is 0. The number of carbonyl (C=O) groups is 1. The van der Waals surface area contributed by atoms with Crippen molar-refractivity contribution in [1.82, 2.24) is 0 Å². The molecule has 0 aromatic heterocycles. The molecule has 0 radical (unpaired) electrons. The van der Waals surface area contributed by atoms with E-state index in [1.54, 1.807) is 54.6 Å². The average Bonchev–Trinajstić information content (AvgIpc) is 2.46. The smallest absolute Gasteiger partial charge is 0.282 e. The van der Waals surface area contributed by atoms with Crippen molar-refractivity contribution >= 4 is 11.9 Å². The molecule has 0 fully saturated rings. The lowest BCUT2D eigenvalue weighted by Gasteiger charge is -1.99. The lowest BCUT2D eigenvalue weighted by molar-refractivity contribution is -0.415. The Bertz CT molecular complexity index is 618. The zero-order chi connectivity index (χ0) is 13.7. The average molecular weight is 253 g/mol. The van der Waals surface area contributed by atoms with Crippen molar-refractivity contribution in [2.75, 3.05) is 0 Å². The monoisotopic (exact) mass is 253 g/mol. The first kappa shape index (κ1) is 12.7. The van der Waals surface area contributed by atoms with Gasteiger partial charge in [-0.05, 0) is 5.56 Å². The summed E-state index contributed by atoms with van der Waals surface area (Å²) in [4.78, 5) is 22.5. The number of Topliss-reactive ketones (excluding diaryl/α,β-unsaturated/α-hetero) is 1. The van der Waals surface area contributed by atoms with Crippen molar-refractivity contribution < 1.29 is 9.72 Å². The second kappa shape index (κ2) is 5.73. The number of nitrogens with zero attached hydrogens (tertiary/aromatic N) is 1. The van der Waals surface area contributed by atoms with Gasteiger partial charge in [-0.3, -0.25) is 14.9 Å². The van der Waals surface area contributed by atoms with Gasteiger partial charge in [-0.25, -0.2) is 0 Å². The van der Waals surface area contributed by atoms with E-state index >= 15 is 0 Å². The molecule has 4 heteroatoms. The first-order valence-corrected chi connectivity index (χ1v) is 5.69. The van der Waals surface area contributed by atoms with Crippen LogP contribution in [0.5, 0.6) is 0 Å². The van der Waals surface area contributed by atoms with Gasteiger partial charge in [0.2, 0.25) is 0 Å². The molecular weight excluding hydrogens is 242 g/mol. The highest BCUT2D eigenvalue weighted by molar-refractivity contribution is 6.09. The van der Waals surface area contributed by atoms with Crippen LogP contribution in [0, 0.1) is 10.1 Å². The molecule has 94 valence electrons. The van der Waals surface area contributed by atoms with Gasteiger partial charge in [0, 0.05) is 11.6 Å². The fraction of sp³-hybridized carbons (Fsp3) is 0. The van der Waals surface area contributed by atoms with Crippen LogP contribution in [0.1, 0.15) is 15.9 Å². The molecule has 4 nitrogen and oxygen atoms in total. The van der Waals surface area contributed by atoms with E-state index in [1.807, 2.05) is 6.07 Å². The van der Waals surface area contributed by atoms with E-state index in [2.05, 4.69) is 0 Å². The Morgan fingerprint density at radius 2 is 1.47 bits per heavy atom. The van der Waals surface area contributed by atoms with Crippen molar-refractivity contribution in [3.63, 3.8) is 0 Å². The van der Waals surface area contributed by atoms with Gasteiger partial charge in [0.15, 0.2) is 0 Å². The highest BCUT2D eigenvalue weighted by atomic mass is 16.6. The van der Waals surface area contributed by atoms with Crippen molar-refractivity contribution in [3.8, 4) is 0 Å². The number of nitro groups is 1. The van der Waals surface area contributed by atoms with Crippen LogP contribution >= 0.6 is 0 Å². The molecule has 0 unspecified atom stereocenters. The maximum Gasteiger partial charge on any atom is 0.317 e. The summed E-state index contributed by atoms with van der Waals surface area (Å²) < 4.78 is 0. The summed E-state index contributed by atoms with van der Waals surface area (Å²) in [6.07, 6.45) is 1.29. The standard InChI is InChI=1S/C15H11NO3/c17-15(13-9-5-2-6-10-13)14(16(18)19)11-12-7-3-1-4-8-12/h1-11H/b14-11+. The number of rotatable bonds is 4. The highest BCUT2D eigenvalue weighted by Gasteiger charge is 2.23. The van der Waals surface area contributed by atoms with Crippen LogP contribution in [0.2, 0.25) is 0 Å². The Balaban J connectivity index is 2.40. The van der Waals surface area contributed by atoms with E-state index in [1.165, 1.54) is 6.08 Å². The Labute approximate surface area is 110 Å². The van der Waals surface area contributed by atoms with E-state index < -0.39 is 16.4 Å². The molecule has 0 saturated carbocycles. The van der Waals surface area contributed by atoms with E-state index in [0.29, 0.717) is 11.1 Å². The number of hydrogen-bond acceptors (Lipinski definition) is 3. The number of allylic oxidation sites excluding steroid dienone is 1. The molecule has 0 spiro atoms. The Hall–Kier alpha value is -2.75. The molecule has 19 heavy (non-hydrogen) atoms. The Morgan fingerprint density at radius 3 is 2.00 bits per heavy atom. The summed E-state index contributed by atoms with van der Waals surface area (Å²) in [5, 5.41) is 11.0. The Kier molecular flexibility index (Phi) is 3.83. The van der Waals surface area contributed by atoms with Gasteiger partial charge in [0.25, 0.3) is 5.78 Å². The fourth-order valence-corrected chi connectivity index (χ4v) is 1.65. The molecule has 0 bridgehead atoms. The number of hydrogen-bond donors (Lipinski definition) is 0. The van der Waals surface area contributed by atoms with Gasteiger partial charge >= 0.3 is 5.70 Å². The largest absolute Gasteiger partial charge is 0.317 e. The first-order valence-electron chi connectivity index (χ1n) is 5.69. The second-order valence-electron chi connectivity index (χ2n) is 3.89. The molecule has 0 aliphatic carbocycles. The number of carbonyl (C=O) groups excluding carboxylic acids is 1. The van der Waals surface area contributed by atoms with Crippen LogP contribution in [0.4, 0.5) is 0 Å². The minimum atomic E-state index is -0.650. The van der Waals surface area contributed by atoms with Crippen molar-refractivity contribution in [3.05, 3.63) is 87.6 Å². The van der Waals surface area contributed by atoms with Gasteiger partial charge in [0.1, 0.15) is 0 Å². The van der Waals surface area contributed by atoms with Crippen LogP contribution in [-0.4, -0.2) is 10.7 Å². The summed E-state index contributed by atoms with van der Waals surface area (Å²) in [7, 11) is 0. The van der Waals surface area contributed by atoms with Gasteiger partial charge in [-0.15, -0.1) is 0 Å². The van der Waals surface area contributed by atoms with Gasteiger partial charge in [-0.2, -0.15) is 0 Å². The second-order valence-corrected chi connectivity index (χ2v) is 3.89. The molecule has 0 amide bonds. The Morgan fingerprint density at radius 1 is 0.947 bits per heavy atom. The minimum Gasteiger partial charge on any atom is -0.282 e. The molecule has 0 atom stereocenters. The van der Waals surface area contributed by atoms with E-state index in [4.69, 9.17) is 0 Å². The van der Waals surface area contributed by atoms with Gasteiger partial charge < -0.3 is 0 Å². The molecule has 0 aliphatic rings. The summed E-state index contributed by atoms with van der Waals surface area (Å²) >= 11 is 0. The lowest BCUT2D eigenvalue weighted by Crippen LogP contribution is -2.11. The van der Waals surface area contributed by atoms with Crippen molar-refractivity contribution in [1.29, 1.82) is 0 Å². The highest BCUT2D eigenvalue weighted by Crippen LogP contribution is 2.13. The maximum absolute atomic E-state index is 12.1. The van der Waals surface area contributed by atoms with Crippen molar-refractivity contribution in [2.45, 2.75) is 0 Å². The molecule has 0 aliphatic heterocycles. The molecule has 0 N–H and O–H groups in total. The molecule has 0 saturated heterocycles. The third kappa shape index (κ3) is 3.13. The number of benzene rings is 2. The summed E-state index contributed by atoms with van der Waals surface area (Å²) in [5.41, 5.74) is 0.497. The van der Waals surface area contributed by atoms with Crippen LogP contribution in [0.3, 0.4) is 0 Å². The van der Waals surface area contributed by atoms with Crippen LogP contribution in [0.15, 0.2) is 66.4 Å². The third-order valence-corrected chi connectivity index (χ3v) is 2.57. The third-order valence-electron chi connectivity index (χ3n) is 2.57. The number of ketones is 1. The zero-order valence-corrected chi connectivity index (χ0v) is 10.0. The predicted molar refractivity (Wildman–Crippen MR) is 72.2 cm³/mol. The van der Waals surface area contributed by atoms with Crippen LogP contribution in [-0.2, 0) is 0 Å². The summed E-state index contributed by atoms with van der Waals surface area (Å²) in [6, 6.07) is 17.0. The van der Waals surface area contributed by atoms with E-state index in [0.717, 1.165) is 0 Å². The molecular formula is C15H11NO3. The van der Waals surface area contributed by atoms with Gasteiger partial charge in [-0.1, -0.05) is 60.7 Å². The molecule has 0 heterocycles. The lowest BCUT2D eigenvalue weighted by atomic mass is 10.1. The van der Waals surface area contributed by atoms with Crippen molar-refractivity contribution in [2.24, 2.45) is 0 Å². The predicted octanol–water partition coefficient (Wildman–Crippen LogP) is 3.19. The summed E-state index contributed by atoms with van der Waals surface area (Å²) in [5.74, 6) is -0.588. The van der Waals surface area contributed by atoms with E-state index in [-0.39, 0.29) is 0 Å². The molecule has 2 aromatic carbocycles.